The third-order valence-corrected chi connectivity index (χ3v) is 6.90. The first-order valence-corrected chi connectivity index (χ1v) is 12.4. The Morgan fingerprint density at radius 3 is 2.06 bits per heavy atom. The molecule has 0 saturated carbocycles. The largest absolute Gasteiger partial charge is 0.325 e. The van der Waals surface area contributed by atoms with Crippen LogP contribution in [0.3, 0.4) is 0 Å². The van der Waals surface area contributed by atoms with Crippen LogP contribution in [0.2, 0.25) is 0 Å². The number of nitrogens with zero attached hydrogens (tertiary/aromatic N) is 3. The Kier molecular flexibility index (Phi) is 7.48. The van der Waals surface area contributed by atoms with E-state index in [1.807, 2.05) is 50.2 Å². The molecular formula is C28H30N4OS. The second kappa shape index (κ2) is 10.7. The number of para-hydroxylation sites is 1. The Balaban J connectivity index is 1.45. The van der Waals surface area contributed by atoms with Gasteiger partial charge in [-0.3, -0.25) is 4.79 Å². The first-order valence-electron chi connectivity index (χ1n) is 11.6. The summed E-state index contributed by atoms with van der Waals surface area (Å²) in [6, 6.07) is 28.6. The molecule has 4 rings (SSSR count). The van der Waals surface area contributed by atoms with Crippen LogP contribution < -0.4 is 5.32 Å². The fraction of sp³-hybridized carbons (Fsp3) is 0.250. The Hall–Kier alpha value is -3.38. The van der Waals surface area contributed by atoms with Gasteiger partial charge in [0.25, 0.3) is 0 Å². The standard InChI is InChI=1S/C28H30N4OS/c1-4-32-25(23-19-17-22(18-20-23)16-15-21-11-7-5-8-12-21)30-31-27(32)34-28(2,3)26(33)29-24-13-9-6-10-14-24/h5-14,17-20H,4,15-16H2,1-3H3,(H,29,33). The van der Waals surface area contributed by atoms with Crippen molar-refractivity contribution in [2.45, 2.75) is 50.1 Å². The lowest BCUT2D eigenvalue weighted by atomic mass is 10.0. The first kappa shape index (κ1) is 23.8. The molecule has 5 nitrogen and oxygen atoms in total. The van der Waals surface area contributed by atoms with Crippen LogP contribution in [-0.2, 0) is 24.2 Å². The highest BCUT2D eigenvalue weighted by atomic mass is 32.2. The molecule has 1 amide bonds. The Labute approximate surface area is 205 Å². The monoisotopic (exact) mass is 470 g/mol. The third-order valence-electron chi connectivity index (χ3n) is 5.72. The molecule has 0 spiro atoms. The maximum absolute atomic E-state index is 12.9. The van der Waals surface area contributed by atoms with Crippen molar-refractivity contribution in [3.05, 3.63) is 96.1 Å². The Morgan fingerprint density at radius 2 is 1.44 bits per heavy atom. The van der Waals surface area contributed by atoms with E-state index >= 15 is 0 Å². The number of nitrogens with one attached hydrogen (secondary N) is 1. The van der Waals surface area contributed by atoms with Crippen LogP contribution in [-0.4, -0.2) is 25.4 Å². The number of aryl methyl sites for hydroxylation is 2. The molecule has 0 atom stereocenters. The van der Waals surface area contributed by atoms with Crippen molar-refractivity contribution in [2.24, 2.45) is 0 Å². The zero-order chi connectivity index (χ0) is 24.0. The molecule has 0 fully saturated rings. The lowest BCUT2D eigenvalue weighted by molar-refractivity contribution is -0.117. The van der Waals surface area contributed by atoms with E-state index in [4.69, 9.17) is 0 Å². The summed E-state index contributed by atoms with van der Waals surface area (Å²) in [6.07, 6.45) is 2.02. The van der Waals surface area contributed by atoms with Gasteiger partial charge in [-0.15, -0.1) is 10.2 Å². The van der Waals surface area contributed by atoms with E-state index in [1.54, 1.807) is 0 Å². The van der Waals surface area contributed by atoms with E-state index in [1.165, 1.54) is 22.9 Å². The summed E-state index contributed by atoms with van der Waals surface area (Å²) in [4.78, 5) is 12.9. The van der Waals surface area contributed by atoms with E-state index in [9.17, 15) is 4.79 Å². The number of rotatable bonds is 9. The number of aromatic nitrogens is 3. The van der Waals surface area contributed by atoms with Gasteiger partial charge in [0, 0.05) is 17.8 Å². The molecule has 0 aliphatic rings. The van der Waals surface area contributed by atoms with Gasteiger partial charge in [0.2, 0.25) is 5.91 Å². The SMILES string of the molecule is CCn1c(SC(C)(C)C(=O)Nc2ccccc2)nnc1-c1ccc(CCc2ccccc2)cc1. The van der Waals surface area contributed by atoms with Gasteiger partial charge in [-0.25, -0.2) is 0 Å². The highest BCUT2D eigenvalue weighted by Gasteiger charge is 2.32. The molecule has 0 unspecified atom stereocenters. The van der Waals surface area contributed by atoms with Crippen LogP contribution >= 0.6 is 11.8 Å². The highest BCUT2D eigenvalue weighted by Crippen LogP contribution is 2.34. The highest BCUT2D eigenvalue weighted by molar-refractivity contribution is 8.01. The number of amides is 1. The lowest BCUT2D eigenvalue weighted by Crippen LogP contribution is -2.34. The molecule has 0 aliphatic heterocycles. The normalized spacial score (nSPS) is 11.4. The molecule has 0 bridgehead atoms. The van der Waals surface area contributed by atoms with E-state index in [2.05, 4.69) is 75.5 Å². The van der Waals surface area contributed by atoms with Gasteiger partial charge in [-0.1, -0.05) is 84.6 Å². The summed E-state index contributed by atoms with van der Waals surface area (Å²) in [7, 11) is 0. The topological polar surface area (TPSA) is 59.8 Å². The van der Waals surface area contributed by atoms with Gasteiger partial charge >= 0.3 is 0 Å². The minimum atomic E-state index is -0.714. The predicted molar refractivity (Wildman–Crippen MR) is 140 cm³/mol. The average Bonchev–Trinajstić information content (AvgIpc) is 3.26. The van der Waals surface area contributed by atoms with Crippen molar-refractivity contribution in [1.82, 2.24) is 14.8 Å². The van der Waals surface area contributed by atoms with Gasteiger partial charge in [-0.2, -0.15) is 0 Å². The van der Waals surface area contributed by atoms with Gasteiger partial charge in [0.1, 0.15) is 0 Å². The van der Waals surface area contributed by atoms with Gasteiger partial charge < -0.3 is 9.88 Å². The summed E-state index contributed by atoms with van der Waals surface area (Å²) < 4.78 is 1.36. The molecular weight excluding hydrogens is 440 g/mol. The fourth-order valence-electron chi connectivity index (χ4n) is 3.69. The van der Waals surface area contributed by atoms with E-state index in [-0.39, 0.29) is 5.91 Å². The molecule has 1 heterocycles. The van der Waals surface area contributed by atoms with Crippen LogP contribution in [0.25, 0.3) is 11.4 Å². The van der Waals surface area contributed by atoms with E-state index in [0.29, 0.717) is 0 Å². The smallest absolute Gasteiger partial charge is 0.240 e. The number of carbonyl (C=O) groups is 1. The van der Waals surface area contributed by atoms with E-state index < -0.39 is 4.75 Å². The molecule has 0 radical (unpaired) electrons. The van der Waals surface area contributed by atoms with Crippen molar-refractivity contribution in [2.75, 3.05) is 5.32 Å². The number of thioether (sulfide) groups is 1. The molecule has 3 aromatic carbocycles. The number of benzene rings is 3. The van der Waals surface area contributed by atoms with Crippen molar-refractivity contribution in [3.63, 3.8) is 0 Å². The second-order valence-corrected chi connectivity index (χ2v) is 10.3. The fourth-order valence-corrected chi connectivity index (χ4v) is 4.70. The average molecular weight is 471 g/mol. The molecule has 4 aromatic rings. The molecule has 174 valence electrons. The predicted octanol–water partition coefficient (Wildman–Crippen LogP) is 6.26. The number of hydrogen-bond acceptors (Lipinski definition) is 4. The number of anilines is 1. The first-order chi connectivity index (χ1) is 16.5. The van der Waals surface area contributed by atoms with Gasteiger partial charge in [-0.05, 0) is 56.9 Å². The summed E-state index contributed by atoms with van der Waals surface area (Å²) in [6.45, 7) is 6.61. The van der Waals surface area contributed by atoms with Crippen molar-refractivity contribution in [3.8, 4) is 11.4 Å². The van der Waals surface area contributed by atoms with Crippen LogP contribution in [0.1, 0.15) is 31.9 Å². The molecule has 34 heavy (non-hydrogen) atoms. The van der Waals surface area contributed by atoms with Crippen LogP contribution in [0.4, 0.5) is 5.69 Å². The minimum absolute atomic E-state index is 0.0707. The van der Waals surface area contributed by atoms with Gasteiger partial charge in [0.15, 0.2) is 11.0 Å². The molecule has 0 aliphatic carbocycles. The van der Waals surface area contributed by atoms with Crippen molar-refractivity contribution >= 4 is 23.4 Å². The molecule has 1 aromatic heterocycles. The second-order valence-electron chi connectivity index (χ2n) is 8.67. The van der Waals surface area contributed by atoms with Crippen LogP contribution in [0, 0.1) is 0 Å². The Bertz CT molecular complexity index is 1220. The minimum Gasteiger partial charge on any atom is -0.325 e. The third kappa shape index (κ3) is 5.75. The van der Waals surface area contributed by atoms with Crippen molar-refractivity contribution < 1.29 is 4.79 Å². The summed E-state index contributed by atoms with van der Waals surface area (Å²) >= 11 is 1.43. The quantitative estimate of drug-likeness (QED) is 0.293. The number of carbonyl (C=O) groups excluding carboxylic acids is 1. The Morgan fingerprint density at radius 1 is 0.853 bits per heavy atom. The van der Waals surface area contributed by atoms with E-state index in [0.717, 1.165) is 41.6 Å². The zero-order valence-corrected chi connectivity index (χ0v) is 20.7. The molecule has 6 heteroatoms. The summed E-state index contributed by atoms with van der Waals surface area (Å²) in [5, 5.41) is 12.6. The van der Waals surface area contributed by atoms with Crippen LogP contribution in [0.5, 0.6) is 0 Å². The summed E-state index contributed by atoms with van der Waals surface area (Å²) in [5.41, 5.74) is 4.45. The molecule has 1 N–H and O–H groups in total. The maximum atomic E-state index is 12.9. The summed E-state index contributed by atoms with van der Waals surface area (Å²) in [5.74, 6) is 0.748. The lowest BCUT2D eigenvalue weighted by Gasteiger charge is -2.22. The molecule has 0 saturated heterocycles. The van der Waals surface area contributed by atoms with Gasteiger partial charge in [0.05, 0.1) is 4.75 Å². The number of hydrogen-bond donors (Lipinski definition) is 1. The maximum Gasteiger partial charge on any atom is 0.240 e. The van der Waals surface area contributed by atoms with Crippen molar-refractivity contribution in [1.29, 1.82) is 0 Å². The zero-order valence-electron chi connectivity index (χ0n) is 19.9. The van der Waals surface area contributed by atoms with Crippen LogP contribution in [0.15, 0.2) is 90.1 Å².